The Morgan fingerprint density at radius 3 is 1.91 bits per heavy atom. The second-order valence-electron chi connectivity index (χ2n) is 11.8. The zero-order valence-corrected chi connectivity index (χ0v) is 24.2. The van der Waals surface area contributed by atoms with E-state index in [1.54, 1.807) is 0 Å². The van der Waals surface area contributed by atoms with E-state index >= 15 is 0 Å². The highest BCUT2D eigenvalue weighted by molar-refractivity contribution is 6.10. The number of aromatic amines is 1. The topological polar surface area (TPSA) is 19.0 Å². The molecule has 208 valence electrons. The third-order valence-corrected chi connectivity index (χ3v) is 9.34. The average molecular weight is 563 g/mol. The van der Waals surface area contributed by atoms with Crippen molar-refractivity contribution in [3.05, 3.63) is 175 Å². The Labute approximate surface area is 257 Å². The highest BCUT2D eigenvalue weighted by Crippen LogP contribution is 2.49. The molecule has 7 aromatic rings. The van der Waals surface area contributed by atoms with E-state index in [4.69, 9.17) is 0 Å². The molecule has 0 radical (unpaired) electrons. The quantitative estimate of drug-likeness (QED) is 0.226. The summed E-state index contributed by atoms with van der Waals surface area (Å²) in [6, 6.07) is 53.0. The van der Waals surface area contributed by atoms with Gasteiger partial charge in [-0.05, 0) is 81.4 Å². The van der Waals surface area contributed by atoms with Crippen LogP contribution in [0.15, 0.2) is 164 Å². The second-order valence-corrected chi connectivity index (χ2v) is 11.8. The molecule has 44 heavy (non-hydrogen) atoms. The summed E-state index contributed by atoms with van der Waals surface area (Å²) in [7, 11) is 0. The average Bonchev–Trinajstić information content (AvgIpc) is 3.63. The van der Waals surface area contributed by atoms with Crippen LogP contribution < -0.4 is 4.90 Å². The summed E-state index contributed by atoms with van der Waals surface area (Å²) in [5.41, 5.74) is 13.7. The number of aromatic nitrogens is 1. The van der Waals surface area contributed by atoms with Gasteiger partial charge in [-0.15, -0.1) is 0 Å². The fourth-order valence-electron chi connectivity index (χ4n) is 7.28. The SMILES string of the molecule is C1=CC2C(C=C1c1ccc3[nH]c4ccc(-c5ccccc5-c5ccccc5)cc4c3c1)c1ccccc1N2c1ccccc1. The Hall–Kier alpha value is -5.60. The molecule has 2 atom stereocenters. The minimum atomic E-state index is 0.266. The van der Waals surface area contributed by atoms with Gasteiger partial charge in [-0.25, -0.2) is 0 Å². The Morgan fingerprint density at radius 2 is 1.14 bits per heavy atom. The van der Waals surface area contributed by atoms with Gasteiger partial charge in [0.1, 0.15) is 0 Å². The first-order valence-electron chi connectivity index (χ1n) is 15.4. The van der Waals surface area contributed by atoms with Crippen molar-refractivity contribution < 1.29 is 0 Å². The third-order valence-electron chi connectivity index (χ3n) is 9.34. The number of nitrogens with one attached hydrogen (secondary N) is 1. The predicted octanol–water partition coefficient (Wildman–Crippen LogP) is 10.9. The molecule has 1 aliphatic heterocycles. The maximum Gasteiger partial charge on any atom is 0.0630 e. The van der Waals surface area contributed by atoms with E-state index in [2.05, 4.69) is 174 Å². The van der Waals surface area contributed by atoms with Crippen LogP contribution in [-0.2, 0) is 0 Å². The van der Waals surface area contributed by atoms with Crippen LogP contribution in [0.1, 0.15) is 17.0 Å². The van der Waals surface area contributed by atoms with Crippen molar-refractivity contribution in [3.63, 3.8) is 0 Å². The summed E-state index contributed by atoms with van der Waals surface area (Å²) < 4.78 is 0. The number of rotatable bonds is 4. The molecule has 0 spiro atoms. The van der Waals surface area contributed by atoms with Crippen LogP contribution in [0.5, 0.6) is 0 Å². The summed E-state index contributed by atoms with van der Waals surface area (Å²) in [5, 5.41) is 2.51. The summed E-state index contributed by atoms with van der Waals surface area (Å²) in [4.78, 5) is 6.15. The molecule has 2 heteroatoms. The predicted molar refractivity (Wildman–Crippen MR) is 185 cm³/mol. The number of para-hydroxylation sites is 2. The number of nitrogens with zero attached hydrogens (tertiary/aromatic N) is 1. The van der Waals surface area contributed by atoms with Crippen LogP contribution in [0.25, 0.3) is 49.6 Å². The molecule has 1 aromatic heterocycles. The van der Waals surface area contributed by atoms with Crippen LogP contribution in [-0.4, -0.2) is 11.0 Å². The van der Waals surface area contributed by atoms with E-state index in [-0.39, 0.29) is 6.04 Å². The van der Waals surface area contributed by atoms with Crippen molar-refractivity contribution in [1.29, 1.82) is 0 Å². The van der Waals surface area contributed by atoms with E-state index in [1.165, 1.54) is 61.1 Å². The molecule has 0 saturated carbocycles. The van der Waals surface area contributed by atoms with E-state index < -0.39 is 0 Å². The molecule has 0 saturated heterocycles. The van der Waals surface area contributed by atoms with Gasteiger partial charge in [0, 0.05) is 39.1 Å². The maximum atomic E-state index is 3.66. The molecular weight excluding hydrogens is 532 g/mol. The highest BCUT2D eigenvalue weighted by atomic mass is 15.2. The third kappa shape index (κ3) is 3.95. The number of fused-ring (bicyclic) bond motifs is 6. The van der Waals surface area contributed by atoms with Gasteiger partial charge in [0.15, 0.2) is 0 Å². The molecule has 0 bridgehead atoms. The van der Waals surface area contributed by atoms with Gasteiger partial charge < -0.3 is 9.88 Å². The minimum absolute atomic E-state index is 0.266. The van der Waals surface area contributed by atoms with Crippen molar-refractivity contribution in [2.75, 3.05) is 4.90 Å². The lowest BCUT2D eigenvalue weighted by Gasteiger charge is -2.29. The van der Waals surface area contributed by atoms with Crippen molar-refractivity contribution in [1.82, 2.24) is 4.98 Å². The fourth-order valence-corrected chi connectivity index (χ4v) is 7.28. The lowest BCUT2D eigenvalue weighted by atomic mass is 9.86. The number of H-pyrrole nitrogens is 1. The minimum Gasteiger partial charge on any atom is -0.355 e. The standard InChI is InChI=1S/C42H30N2/c1-3-11-28(12-4-1)33-15-7-8-16-34(33)31-20-23-40-37(27-31)36-25-29(19-22-39(36)43-40)30-21-24-42-38(26-30)35-17-9-10-18-41(35)44(42)32-13-5-2-6-14-32/h1-27,38,42-43H. The summed E-state index contributed by atoms with van der Waals surface area (Å²) >= 11 is 0. The molecular formula is C42H30N2. The lowest BCUT2D eigenvalue weighted by Crippen LogP contribution is -2.28. The van der Waals surface area contributed by atoms with E-state index in [0.29, 0.717) is 5.92 Å². The maximum absolute atomic E-state index is 3.66. The zero-order chi connectivity index (χ0) is 29.0. The first kappa shape index (κ1) is 24.9. The lowest BCUT2D eigenvalue weighted by molar-refractivity contribution is 0.747. The molecule has 1 aliphatic carbocycles. The van der Waals surface area contributed by atoms with E-state index in [9.17, 15) is 0 Å². The number of allylic oxidation sites excluding steroid dienone is 2. The van der Waals surface area contributed by atoms with E-state index in [1.807, 2.05) is 0 Å². The number of hydrogen-bond acceptors (Lipinski definition) is 1. The highest BCUT2D eigenvalue weighted by Gasteiger charge is 2.38. The summed E-state index contributed by atoms with van der Waals surface area (Å²) in [5.74, 6) is 0.297. The first-order valence-corrected chi connectivity index (χ1v) is 15.4. The monoisotopic (exact) mass is 562 g/mol. The molecule has 6 aromatic carbocycles. The van der Waals surface area contributed by atoms with Gasteiger partial charge in [0.25, 0.3) is 0 Å². The Kier molecular flexibility index (Phi) is 5.67. The Balaban J connectivity index is 1.13. The van der Waals surface area contributed by atoms with Crippen molar-refractivity contribution in [2.24, 2.45) is 0 Å². The number of benzene rings is 6. The van der Waals surface area contributed by atoms with Crippen LogP contribution in [0.3, 0.4) is 0 Å². The van der Waals surface area contributed by atoms with Gasteiger partial charge in [-0.3, -0.25) is 0 Å². The van der Waals surface area contributed by atoms with Crippen molar-refractivity contribution in [2.45, 2.75) is 12.0 Å². The smallest absolute Gasteiger partial charge is 0.0630 e. The van der Waals surface area contributed by atoms with Crippen molar-refractivity contribution in [3.8, 4) is 22.3 Å². The first-order chi connectivity index (χ1) is 21.8. The van der Waals surface area contributed by atoms with Crippen molar-refractivity contribution >= 4 is 38.8 Å². The molecule has 2 heterocycles. The molecule has 0 amide bonds. The van der Waals surface area contributed by atoms with E-state index in [0.717, 1.165) is 11.0 Å². The number of hydrogen-bond donors (Lipinski definition) is 1. The van der Waals surface area contributed by atoms with Gasteiger partial charge in [0.05, 0.1) is 6.04 Å². The molecule has 2 unspecified atom stereocenters. The summed E-state index contributed by atoms with van der Waals surface area (Å²) in [6.45, 7) is 0. The van der Waals surface area contributed by atoms with Crippen LogP contribution in [0.2, 0.25) is 0 Å². The fraction of sp³-hybridized carbons (Fsp3) is 0.0476. The molecule has 0 fully saturated rings. The van der Waals surface area contributed by atoms with Gasteiger partial charge in [0.2, 0.25) is 0 Å². The normalized spacial score (nSPS) is 17.1. The molecule has 1 N–H and O–H groups in total. The van der Waals surface area contributed by atoms with Crippen LogP contribution in [0.4, 0.5) is 11.4 Å². The van der Waals surface area contributed by atoms with Crippen LogP contribution >= 0.6 is 0 Å². The number of anilines is 2. The largest absolute Gasteiger partial charge is 0.355 e. The van der Waals surface area contributed by atoms with Gasteiger partial charge in [-0.1, -0.05) is 121 Å². The van der Waals surface area contributed by atoms with Gasteiger partial charge >= 0.3 is 0 Å². The molecule has 2 nitrogen and oxygen atoms in total. The van der Waals surface area contributed by atoms with Gasteiger partial charge in [-0.2, -0.15) is 0 Å². The zero-order valence-electron chi connectivity index (χ0n) is 24.2. The second kappa shape index (κ2) is 10.00. The molecule has 9 rings (SSSR count). The Morgan fingerprint density at radius 1 is 0.523 bits per heavy atom. The Bertz CT molecular complexity index is 2240. The summed E-state index contributed by atoms with van der Waals surface area (Å²) in [6.07, 6.45) is 7.19. The molecule has 2 aliphatic rings. The van der Waals surface area contributed by atoms with Crippen LogP contribution in [0, 0.1) is 0 Å².